The maximum atomic E-state index is 11.0. The van der Waals surface area contributed by atoms with Crippen molar-refractivity contribution in [3.8, 4) is 0 Å². The highest BCUT2D eigenvalue weighted by Gasteiger charge is 2.14. The molecule has 1 aromatic carbocycles. The second-order valence-corrected chi connectivity index (χ2v) is 4.01. The van der Waals surface area contributed by atoms with Crippen molar-refractivity contribution < 1.29 is 4.79 Å². The number of primary amides is 1. The number of amides is 1. The lowest BCUT2D eigenvalue weighted by Gasteiger charge is -2.08. The van der Waals surface area contributed by atoms with Gasteiger partial charge in [-0.3, -0.25) is 4.79 Å². The fourth-order valence-electron chi connectivity index (χ4n) is 1.44. The Hall–Kier alpha value is -1.39. The molecular weight excluding hydrogens is 196 g/mol. The lowest BCUT2D eigenvalue weighted by atomic mass is 10.0. The first-order chi connectivity index (χ1) is 6.70. The van der Waals surface area contributed by atoms with Crippen molar-refractivity contribution in [1.82, 2.24) is 0 Å². The van der Waals surface area contributed by atoms with Gasteiger partial charge in [-0.15, -0.1) is 11.3 Å². The Bertz CT molecular complexity index is 478. The van der Waals surface area contributed by atoms with Gasteiger partial charge >= 0.3 is 0 Å². The van der Waals surface area contributed by atoms with E-state index in [9.17, 15) is 4.79 Å². The molecule has 0 saturated carbocycles. The van der Waals surface area contributed by atoms with Gasteiger partial charge in [0, 0.05) is 4.70 Å². The fourth-order valence-corrected chi connectivity index (χ4v) is 2.26. The number of hydrogen-bond acceptors (Lipinski definition) is 3. The summed E-state index contributed by atoms with van der Waals surface area (Å²) in [7, 11) is 0. The van der Waals surface area contributed by atoms with Gasteiger partial charge in [0.15, 0.2) is 0 Å². The van der Waals surface area contributed by atoms with Gasteiger partial charge in [-0.1, -0.05) is 12.1 Å². The molecule has 14 heavy (non-hydrogen) atoms. The van der Waals surface area contributed by atoms with Gasteiger partial charge in [-0.25, -0.2) is 0 Å². The third-order valence-corrected chi connectivity index (χ3v) is 3.05. The highest BCUT2D eigenvalue weighted by molar-refractivity contribution is 7.17. The molecule has 1 aromatic heterocycles. The Labute approximate surface area is 85.3 Å². The van der Waals surface area contributed by atoms with Crippen LogP contribution < -0.4 is 11.5 Å². The minimum atomic E-state index is -0.715. The molecular formula is C10H10N2OS. The molecule has 1 atom stereocenters. The van der Waals surface area contributed by atoms with Crippen LogP contribution in [0.15, 0.2) is 29.6 Å². The van der Waals surface area contributed by atoms with Crippen LogP contribution in [0.25, 0.3) is 10.1 Å². The standard InChI is InChI=1S/C10H10N2OS/c11-9(10(12)13)7-2-1-3-8-6(7)4-5-14-8/h1-5,9H,11H2,(H2,12,13). The number of rotatable bonds is 2. The van der Waals surface area contributed by atoms with Crippen molar-refractivity contribution in [2.24, 2.45) is 11.5 Å². The predicted octanol–water partition coefficient (Wildman–Crippen LogP) is 1.39. The van der Waals surface area contributed by atoms with Crippen LogP contribution in [0.1, 0.15) is 11.6 Å². The van der Waals surface area contributed by atoms with Crippen molar-refractivity contribution in [2.45, 2.75) is 6.04 Å². The van der Waals surface area contributed by atoms with Crippen molar-refractivity contribution >= 4 is 27.3 Å². The van der Waals surface area contributed by atoms with Gasteiger partial charge in [0.1, 0.15) is 6.04 Å². The van der Waals surface area contributed by atoms with E-state index >= 15 is 0 Å². The first-order valence-electron chi connectivity index (χ1n) is 4.21. The van der Waals surface area contributed by atoms with Crippen molar-refractivity contribution in [2.75, 3.05) is 0 Å². The monoisotopic (exact) mass is 206 g/mol. The second kappa shape index (κ2) is 3.40. The van der Waals surface area contributed by atoms with Crippen LogP contribution in [-0.4, -0.2) is 5.91 Å². The third-order valence-electron chi connectivity index (χ3n) is 2.17. The highest BCUT2D eigenvalue weighted by Crippen LogP contribution is 2.27. The molecule has 2 aromatic rings. The van der Waals surface area contributed by atoms with Gasteiger partial charge in [0.05, 0.1) is 0 Å². The molecule has 0 bridgehead atoms. The van der Waals surface area contributed by atoms with Gasteiger partial charge < -0.3 is 11.5 Å². The van der Waals surface area contributed by atoms with Crippen LogP contribution in [0, 0.1) is 0 Å². The average molecular weight is 206 g/mol. The van der Waals surface area contributed by atoms with Crippen molar-refractivity contribution in [3.05, 3.63) is 35.2 Å². The molecule has 0 aliphatic heterocycles. The van der Waals surface area contributed by atoms with E-state index in [0.717, 1.165) is 15.6 Å². The van der Waals surface area contributed by atoms with Crippen LogP contribution in [0.3, 0.4) is 0 Å². The summed E-state index contributed by atoms with van der Waals surface area (Å²) in [6, 6.07) is 6.96. The fraction of sp³-hybridized carbons (Fsp3) is 0.100. The van der Waals surface area contributed by atoms with Gasteiger partial charge in [-0.05, 0) is 28.5 Å². The molecule has 2 rings (SSSR count). The highest BCUT2D eigenvalue weighted by atomic mass is 32.1. The maximum Gasteiger partial charge on any atom is 0.238 e. The van der Waals surface area contributed by atoms with E-state index in [1.807, 2.05) is 29.6 Å². The summed E-state index contributed by atoms with van der Waals surface area (Å²) in [5, 5.41) is 2.99. The van der Waals surface area contributed by atoms with E-state index in [-0.39, 0.29) is 0 Å². The van der Waals surface area contributed by atoms with Gasteiger partial charge in [-0.2, -0.15) is 0 Å². The zero-order valence-corrected chi connectivity index (χ0v) is 8.25. The van der Waals surface area contributed by atoms with E-state index in [1.54, 1.807) is 11.3 Å². The smallest absolute Gasteiger partial charge is 0.238 e. The molecule has 0 aliphatic rings. The zero-order valence-electron chi connectivity index (χ0n) is 7.44. The number of fused-ring (bicyclic) bond motifs is 1. The number of hydrogen-bond donors (Lipinski definition) is 2. The van der Waals surface area contributed by atoms with E-state index in [4.69, 9.17) is 11.5 Å². The normalized spacial score (nSPS) is 12.9. The molecule has 0 aliphatic carbocycles. The number of nitrogens with two attached hydrogens (primary N) is 2. The van der Waals surface area contributed by atoms with E-state index < -0.39 is 11.9 Å². The summed E-state index contributed by atoms with van der Waals surface area (Å²) in [6.45, 7) is 0. The Morgan fingerprint density at radius 2 is 2.14 bits per heavy atom. The SMILES string of the molecule is NC(=O)C(N)c1cccc2sccc12. The molecule has 0 fully saturated rings. The average Bonchev–Trinajstić information content (AvgIpc) is 2.63. The van der Waals surface area contributed by atoms with Gasteiger partial charge in [0.25, 0.3) is 0 Å². The Balaban J connectivity index is 2.61. The van der Waals surface area contributed by atoms with E-state index in [0.29, 0.717) is 0 Å². The third kappa shape index (κ3) is 1.38. The molecule has 0 spiro atoms. The number of benzene rings is 1. The molecule has 1 unspecified atom stereocenters. The summed E-state index contributed by atoms with van der Waals surface area (Å²) in [5.41, 5.74) is 11.7. The van der Waals surface area contributed by atoms with Crippen LogP contribution in [0.5, 0.6) is 0 Å². The molecule has 4 N–H and O–H groups in total. The Kier molecular flexibility index (Phi) is 2.23. The number of carbonyl (C=O) groups is 1. The molecule has 4 heteroatoms. The molecule has 0 radical (unpaired) electrons. The number of thiophene rings is 1. The topological polar surface area (TPSA) is 69.1 Å². The Morgan fingerprint density at radius 1 is 1.36 bits per heavy atom. The zero-order chi connectivity index (χ0) is 10.1. The first kappa shape index (κ1) is 9.18. The second-order valence-electron chi connectivity index (χ2n) is 3.06. The Morgan fingerprint density at radius 3 is 2.86 bits per heavy atom. The number of carbonyl (C=O) groups excluding carboxylic acids is 1. The molecule has 1 heterocycles. The summed E-state index contributed by atoms with van der Waals surface area (Å²) >= 11 is 1.62. The first-order valence-corrected chi connectivity index (χ1v) is 5.09. The van der Waals surface area contributed by atoms with Crippen LogP contribution in [0.4, 0.5) is 0 Å². The van der Waals surface area contributed by atoms with E-state index in [2.05, 4.69) is 0 Å². The van der Waals surface area contributed by atoms with Crippen molar-refractivity contribution in [3.63, 3.8) is 0 Å². The van der Waals surface area contributed by atoms with Crippen molar-refractivity contribution in [1.29, 1.82) is 0 Å². The summed E-state index contributed by atoms with van der Waals surface area (Å²) < 4.78 is 1.12. The quantitative estimate of drug-likeness (QED) is 0.779. The summed E-state index contributed by atoms with van der Waals surface area (Å²) in [4.78, 5) is 11.0. The maximum absolute atomic E-state index is 11.0. The molecule has 3 nitrogen and oxygen atoms in total. The minimum absolute atomic E-state index is 0.497. The largest absolute Gasteiger partial charge is 0.368 e. The lowest BCUT2D eigenvalue weighted by molar-refractivity contribution is -0.119. The molecule has 72 valence electrons. The van der Waals surface area contributed by atoms with Crippen LogP contribution in [0.2, 0.25) is 0 Å². The molecule has 1 amide bonds. The lowest BCUT2D eigenvalue weighted by Crippen LogP contribution is -2.28. The van der Waals surface area contributed by atoms with Crippen LogP contribution in [-0.2, 0) is 4.79 Å². The summed E-state index contributed by atoms with van der Waals surface area (Å²) in [6.07, 6.45) is 0. The molecule has 0 saturated heterocycles. The summed E-state index contributed by atoms with van der Waals surface area (Å²) in [5.74, 6) is -0.497. The predicted molar refractivity (Wildman–Crippen MR) is 57.9 cm³/mol. The van der Waals surface area contributed by atoms with Gasteiger partial charge in [0.2, 0.25) is 5.91 Å². The minimum Gasteiger partial charge on any atom is -0.368 e. The van der Waals surface area contributed by atoms with E-state index in [1.165, 1.54) is 0 Å². The van der Waals surface area contributed by atoms with Crippen LogP contribution >= 0.6 is 11.3 Å².